The summed E-state index contributed by atoms with van der Waals surface area (Å²) in [4.78, 5) is 0. The van der Waals surface area contributed by atoms with Gasteiger partial charge in [0.05, 0.1) is 0 Å². The summed E-state index contributed by atoms with van der Waals surface area (Å²) in [6.45, 7) is 2.29. The first kappa shape index (κ1) is 11.6. The molecule has 0 amide bonds. The van der Waals surface area contributed by atoms with E-state index in [-0.39, 0.29) is 0 Å². The van der Waals surface area contributed by atoms with Crippen LogP contribution >= 0.6 is 0 Å². The number of rotatable bonds is 7. The molecule has 78 valence electrons. The van der Waals surface area contributed by atoms with Crippen molar-refractivity contribution in [3.8, 4) is 0 Å². The third kappa shape index (κ3) is 5.75. The van der Waals surface area contributed by atoms with E-state index in [1.54, 1.807) is 23.5 Å². The fraction of sp³-hybridized carbons (Fsp3) is 1.00. The molecule has 0 bridgehead atoms. The van der Waals surface area contributed by atoms with Gasteiger partial charge in [-0.3, -0.25) is 0 Å². The predicted octanol–water partition coefficient (Wildman–Crippen LogP) is 4.30. The summed E-state index contributed by atoms with van der Waals surface area (Å²) in [5.74, 6) is 1.14. The molecule has 1 unspecified atom stereocenters. The van der Waals surface area contributed by atoms with E-state index in [0.717, 1.165) is 20.9 Å². The Morgan fingerprint density at radius 3 is 2.54 bits per heavy atom. The second-order valence-electron chi connectivity index (χ2n) is 4.29. The van der Waals surface area contributed by atoms with Crippen LogP contribution in [0.4, 0.5) is 0 Å². The van der Waals surface area contributed by atoms with Crippen molar-refractivity contribution in [1.82, 2.24) is 0 Å². The van der Waals surface area contributed by atoms with E-state index >= 15 is 0 Å². The van der Waals surface area contributed by atoms with Crippen molar-refractivity contribution in [2.24, 2.45) is 5.92 Å². The van der Waals surface area contributed by atoms with E-state index in [0.29, 0.717) is 0 Å². The Kier molecular flexibility index (Phi) is 7.03. The molecule has 0 nitrogen and oxygen atoms in total. The topological polar surface area (TPSA) is 0 Å². The average molecular weight is 247 g/mol. The first-order chi connectivity index (χ1) is 6.43. The van der Waals surface area contributed by atoms with Gasteiger partial charge in [0.15, 0.2) is 0 Å². The fourth-order valence-electron chi connectivity index (χ4n) is 2.02. The molecule has 0 N–H and O–H groups in total. The zero-order chi connectivity index (χ0) is 9.36. The van der Waals surface area contributed by atoms with Crippen molar-refractivity contribution in [3.05, 3.63) is 0 Å². The van der Waals surface area contributed by atoms with Crippen molar-refractivity contribution in [2.75, 3.05) is 0 Å². The molecule has 1 aliphatic rings. The third-order valence-electron chi connectivity index (χ3n) is 2.99. The van der Waals surface area contributed by atoms with Gasteiger partial charge in [0, 0.05) is 0 Å². The van der Waals surface area contributed by atoms with Gasteiger partial charge >= 0.3 is 89.8 Å². The zero-order valence-corrected chi connectivity index (χ0v) is 10.8. The molecule has 0 aromatic rings. The minimum atomic E-state index is 1.03. The van der Waals surface area contributed by atoms with Gasteiger partial charge < -0.3 is 0 Å². The number of hydrogen-bond donors (Lipinski definition) is 0. The molecular weight excluding hydrogens is 223 g/mol. The molecule has 0 saturated carbocycles. The van der Waals surface area contributed by atoms with Crippen LogP contribution in [0.25, 0.3) is 0 Å². The van der Waals surface area contributed by atoms with Gasteiger partial charge in [0.2, 0.25) is 0 Å². The molecule has 1 atom stereocenters. The molecule has 1 heterocycles. The van der Waals surface area contributed by atoms with Crippen molar-refractivity contribution in [3.63, 3.8) is 0 Å². The third-order valence-corrected chi connectivity index (χ3v) is 5.57. The molecule has 0 aliphatic carbocycles. The van der Waals surface area contributed by atoms with Crippen LogP contribution in [0.15, 0.2) is 0 Å². The Morgan fingerprint density at radius 1 is 1.08 bits per heavy atom. The average Bonchev–Trinajstić information content (AvgIpc) is 2.63. The standard InChI is InChI=1S/C12H24Se/c1-2-3-4-5-6-7-8-12-9-10-13-11-12/h12H,2-11H2,1H3. The summed E-state index contributed by atoms with van der Waals surface area (Å²) in [7, 11) is 0. The van der Waals surface area contributed by atoms with Crippen LogP contribution in [0.3, 0.4) is 0 Å². The molecule has 0 aromatic carbocycles. The van der Waals surface area contributed by atoms with Gasteiger partial charge in [-0.1, -0.05) is 0 Å². The summed E-state index contributed by atoms with van der Waals surface area (Å²) in [6.07, 6.45) is 11.9. The zero-order valence-electron chi connectivity index (χ0n) is 9.06. The summed E-state index contributed by atoms with van der Waals surface area (Å²) in [6, 6.07) is 0. The van der Waals surface area contributed by atoms with E-state index < -0.39 is 0 Å². The summed E-state index contributed by atoms with van der Waals surface area (Å²) < 4.78 is 0. The van der Waals surface area contributed by atoms with E-state index in [1.807, 2.05) is 0 Å². The Hall–Kier alpha value is 0.519. The maximum absolute atomic E-state index is 2.29. The number of hydrogen-bond acceptors (Lipinski definition) is 0. The van der Waals surface area contributed by atoms with E-state index in [4.69, 9.17) is 0 Å². The Balaban J connectivity index is 1.78. The maximum atomic E-state index is 2.29. The molecule has 1 rings (SSSR count). The summed E-state index contributed by atoms with van der Waals surface area (Å²) in [5, 5.41) is 3.18. The van der Waals surface area contributed by atoms with Gasteiger partial charge in [0.25, 0.3) is 0 Å². The first-order valence-corrected chi connectivity index (χ1v) is 8.43. The van der Waals surface area contributed by atoms with Crippen LogP contribution in [-0.2, 0) is 0 Å². The van der Waals surface area contributed by atoms with Gasteiger partial charge in [-0.15, -0.1) is 0 Å². The summed E-state index contributed by atoms with van der Waals surface area (Å²) in [5.41, 5.74) is 0. The van der Waals surface area contributed by atoms with Crippen molar-refractivity contribution in [1.29, 1.82) is 0 Å². The second-order valence-corrected chi connectivity index (χ2v) is 6.70. The van der Waals surface area contributed by atoms with Crippen molar-refractivity contribution < 1.29 is 0 Å². The number of unbranched alkanes of at least 4 members (excludes halogenated alkanes) is 5. The minimum absolute atomic E-state index is 1.03. The quantitative estimate of drug-likeness (QED) is 0.465. The van der Waals surface area contributed by atoms with Crippen molar-refractivity contribution >= 4 is 15.0 Å². The summed E-state index contributed by atoms with van der Waals surface area (Å²) >= 11 is 1.03. The Labute approximate surface area is 90.0 Å². The van der Waals surface area contributed by atoms with Gasteiger partial charge in [-0.2, -0.15) is 0 Å². The van der Waals surface area contributed by atoms with Crippen LogP contribution in [0, 0.1) is 5.92 Å². The molecule has 13 heavy (non-hydrogen) atoms. The molecule has 0 aromatic heterocycles. The second kappa shape index (κ2) is 7.88. The molecule has 1 heteroatoms. The monoisotopic (exact) mass is 248 g/mol. The fourth-order valence-corrected chi connectivity index (χ4v) is 4.82. The van der Waals surface area contributed by atoms with Crippen LogP contribution in [0.1, 0.15) is 58.3 Å². The molecular formula is C12H24Se. The molecule has 1 fully saturated rings. The van der Waals surface area contributed by atoms with E-state index in [9.17, 15) is 0 Å². The Bertz CT molecular complexity index is 106. The molecule has 1 saturated heterocycles. The SMILES string of the molecule is CCCCCCCCC1CC[Se]C1. The van der Waals surface area contributed by atoms with Gasteiger partial charge in [0.1, 0.15) is 0 Å². The van der Waals surface area contributed by atoms with Crippen LogP contribution in [0.2, 0.25) is 10.6 Å². The first-order valence-electron chi connectivity index (χ1n) is 6.01. The predicted molar refractivity (Wildman–Crippen MR) is 61.5 cm³/mol. The normalized spacial score (nSPS) is 22.4. The van der Waals surface area contributed by atoms with E-state index in [1.165, 1.54) is 38.5 Å². The van der Waals surface area contributed by atoms with Crippen LogP contribution in [0.5, 0.6) is 0 Å². The van der Waals surface area contributed by atoms with Crippen LogP contribution < -0.4 is 0 Å². The van der Waals surface area contributed by atoms with Crippen LogP contribution in [-0.4, -0.2) is 15.0 Å². The van der Waals surface area contributed by atoms with Crippen molar-refractivity contribution in [2.45, 2.75) is 68.9 Å². The Morgan fingerprint density at radius 2 is 1.85 bits per heavy atom. The van der Waals surface area contributed by atoms with Gasteiger partial charge in [-0.25, -0.2) is 0 Å². The van der Waals surface area contributed by atoms with E-state index in [2.05, 4.69) is 6.92 Å². The molecule has 0 radical (unpaired) electrons. The van der Waals surface area contributed by atoms with Gasteiger partial charge in [-0.05, 0) is 0 Å². The molecule has 0 spiro atoms. The molecule has 1 aliphatic heterocycles.